The molecule has 0 unspecified atom stereocenters. The maximum Gasteiger partial charge on any atom is 0.0101 e. The molecule has 1 radical (unpaired) electrons. The first-order valence-electron chi connectivity index (χ1n) is 3.62. The Morgan fingerprint density at radius 1 is 1.20 bits per heavy atom. The molecule has 0 aromatic heterocycles. The van der Waals surface area contributed by atoms with Gasteiger partial charge in [-0.3, -0.25) is 0 Å². The van der Waals surface area contributed by atoms with Crippen LogP contribution in [-0.4, -0.2) is 38.6 Å². The number of likely N-dealkylation sites (N-methyl/N-ethyl adjacent to an activating group) is 1. The average molecular weight is 181 g/mol. The van der Waals surface area contributed by atoms with E-state index in [1.807, 2.05) is 0 Å². The summed E-state index contributed by atoms with van der Waals surface area (Å²) in [5.41, 5.74) is 0. The van der Waals surface area contributed by atoms with Crippen LogP contribution >= 0.6 is 0 Å². The molecular formula is C7H18N2V. The molecule has 0 aromatic rings. The third-order valence-corrected chi connectivity index (χ3v) is 1.16. The largest absolute Gasteiger partial charge is 0.315 e. The van der Waals surface area contributed by atoms with Crippen LogP contribution in [0, 0.1) is 0 Å². The fraction of sp³-hybridized carbons (Fsp3) is 1.00. The maximum absolute atomic E-state index is 3.32. The van der Waals surface area contributed by atoms with Gasteiger partial charge in [0, 0.05) is 31.6 Å². The van der Waals surface area contributed by atoms with Crippen LogP contribution < -0.4 is 5.32 Å². The molecule has 0 spiro atoms. The number of hydrogen-bond acceptors (Lipinski definition) is 2. The SMILES string of the molecule is CCCNCCN(C)C.[V]. The third-order valence-electron chi connectivity index (χ3n) is 1.16. The van der Waals surface area contributed by atoms with E-state index >= 15 is 0 Å². The first kappa shape index (κ1) is 13.1. The minimum absolute atomic E-state index is 0. The normalized spacial score (nSPS) is 9.60. The summed E-state index contributed by atoms with van der Waals surface area (Å²) in [7, 11) is 4.18. The van der Waals surface area contributed by atoms with Gasteiger partial charge in [-0.2, -0.15) is 0 Å². The van der Waals surface area contributed by atoms with Crippen LogP contribution in [0.15, 0.2) is 0 Å². The summed E-state index contributed by atoms with van der Waals surface area (Å²) >= 11 is 0. The van der Waals surface area contributed by atoms with E-state index in [1.165, 1.54) is 6.42 Å². The molecule has 1 N–H and O–H groups in total. The molecule has 10 heavy (non-hydrogen) atoms. The van der Waals surface area contributed by atoms with Gasteiger partial charge in [0.1, 0.15) is 0 Å². The van der Waals surface area contributed by atoms with Crippen LogP contribution in [0.3, 0.4) is 0 Å². The minimum atomic E-state index is 0. The molecule has 0 aromatic carbocycles. The van der Waals surface area contributed by atoms with E-state index in [1.54, 1.807) is 0 Å². The molecule has 0 bridgehead atoms. The van der Waals surface area contributed by atoms with E-state index in [2.05, 4.69) is 31.2 Å². The van der Waals surface area contributed by atoms with Crippen molar-refractivity contribution in [3.05, 3.63) is 0 Å². The fourth-order valence-corrected chi connectivity index (χ4v) is 0.604. The van der Waals surface area contributed by atoms with Crippen molar-refractivity contribution in [1.82, 2.24) is 10.2 Å². The van der Waals surface area contributed by atoms with Gasteiger partial charge in [-0.1, -0.05) is 6.92 Å². The van der Waals surface area contributed by atoms with Crippen molar-refractivity contribution >= 4 is 0 Å². The topological polar surface area (TPSA) is 15.3 Å². The van der Waals surface area contributed by atoms with Crippen LogP contribution in [0.5, 0.6) is 0 Å². The Morgan fingerprint density at radius 2 is 1.80 bits per heavy atom. The summed E-state index contributed by atoms with van der Waals surface area (Å²) in [6, 6.07) is 0. The van der Waals surface area contributed by atoms with Gasteiger partial charge >= 0.3 is 0 Å². The molecule has 0 amide bonds. The van der Waals surface area contributed by atoms with Crippen molar-refractivity contribution in [2.75, 3.05) is 33.7 Å². The van der Waals surface area contributed by atoms with E-state index in [0.717, 1.165) is 19.6 Å². The maximum atomic E-state index is 3.32. The van der Waals surface area contributed by atoms with Gasteiger partial charge in [-0.05, 0) is 27.1 Å². The molecule has 0 aliphatic carbocycles. The molecule has 0 aliphatic heterocycles. The van der Waals surface area contributed by atoms with Crippen molar-refractivity contribution in [2.24, 2.45) is 0 Å². The molecule has 0 saturated carbocycles. The Morgan fingerprint density at radius 3 is 2.20 bits per heavy atom. The van der Waals surface area contributed by atoms with Crippen molar-refractivity contribution in [2.45, 2.75) is 13.3 Å². The third kappa shape index (κ3) is 11.3. The second kappa shape index (κ2) is 9.50. The van der Waals surface area contributed by atoms with Crippen molar-refractivity contribution in [3.8, 4) is 0 Å². The first-order chi connectivity index (χ1) is 4.27. The van der Waals surface area contributed by atoms with Crippen molar-refractivity contribution < 1.29 is 18.6 Å². The van der Waals surface area contributed by atoms with Crippen LogP contribution in [0.4, 0.5) is 0 Å². The Hall–Kier alpha value is 0.504. The Labute approximate surface area is 76.2 Å². The van der Waals surface area contributed by atoms with Gasteiger partial charge in [-0.25, -0.2) is 0 Å². The van der Waals surface area contributed by atoms with Crippen LogP contribution in [0.2, 0.25) is 0 Å². The molecule has 0 saturated heterocycles. The zero-order valence-electron chi connectivity index (χ0n) is 7.22. The molecular weight excluding hydrogens is 163 g/mol. The molecule has 0 heterocycles. The van der Waals surface area contributed by atoms with Crippen molar-refractivity contribution in [3.63, 3.8) is 0 Å². The molecule has 0 fully saturated rings. The van der Waals surface area contributed by atoms with Crippen LogP contribution in [0.1, 0.15) is 13.3 Å². The molecule has 61 valence electrons. The number of nitrogens with zero attached hydrogens (tertiary/aromatic N) is 1. The molecule has 2 nitrogen and oxygen atoms in total. The zero-order valence-corrected chi connectivity index (χ0v) is 8.62. The molecule has 0 atom stereocenters. The smallest absolute Gasteiger partial charge is 0.0101 e. The number of hydrogen-bond donors (Lipinski definition) is 1. The van der Waals surface area contributed by atoms with E-state index in [4.69, 9.17) is 0 Å². The van der Waals surface area contributed by atoms with Gasteiger partial charge in [0.2, 0.25) is 0 Å². The van der Waals surface area contributed by atoms with E-state index < -0.39 is 0 Å². The second-order valence-electron chi connectivity index (χ2n) is 2.55. The summed E-state index contributed by atoms with van der Waals surface area (Å²) in [6.45, 7) is 5.58. The van der Waals surface area contributed by atoms with Gasteiger partial charge in [0.15, 0.2) is 0 Å². The summed E-state index contributed by atoms with van der Waals surface area (Å²) < 4.78 is 0. The summed E-state index contributed by atoms with van der Waals surface area (Å²) in [5.74, 6) is 0. The number of nitrogens with one attached hydrogen (secondary N) is 1. The van der Waals surface area contributed by atoms with E-state index in [0.29, 0.717) is 0 Å². The molecule has 0 rings (SSSR count). The quantitative estimate of drug-likeness (QED) is 0.623. The second-order valence-corrected chi connectivity index (χ2v) is 2.55. The zero-order chi connectivity index (χ0) is 7.11. The summed E-state index contributed by atoms with van der Waals surface area (Å²) in [4.78, 5) is 2.18. The Balaban J connectivity index is 0. The average Bonchev–Trinajstić information content (AvgIpc) is 1.80. The Kier molecular flexibility index (Phi) is 12.5. The predicted octanol–water partition coefficient (Wildman–Crippen LogP) is 0.545. The monoisotopic (exact) mass is 181 g/mol. The summed E-state index contributed by atoms with van der Waals surface area (Å²) in [5, 5.41) is 3.32. The standard InChI is InChI=1S/C7H18N2.V/c1-4-5-8-6-7-9(2)3;/h8H,4-7H2,1-3H3;. The van der Waals surface area contributed by atoms with Gasteiger partial charge in [0.05, 0.1) is 0 Å². The predicted molar refractivity (Wildman–Crippen MR) is 41.7 cm³/mol. The van der Waals surface area contributed by atoms with Crippen molar-refractivity contribution in [1.29, 1.82) is 0 Å². The van der Waals surface area contributed by atoms with Crippen LogP contribution in [0.25, 0.3) is 0 Å². The number of rotatable bonds is 5. The first-order valence-corrected chi connectivity index (χ1v) is 3.62. The Bertz CT molecular complexity index is 57.6. The summed E-state index contributed by atoms with van der Waals surface area (Å²) in [6.07, 6.45) is 1.23. The van der Waals surface area contributed by atoms with E-state index in [-0.39, 0.29) is 18.6 Å². The van der Waals surface area contributed by atoms with E-state index in [9.17, 15) is 0 Å². The van der Waals surface area contributed by atoms with Gasteiger partial charge in [-0.15, -0.1) is 0 Å². The van der Waals surface area contributed by atoms with Gasteiger partial charge in [0.25, 0.3) is 0 Å². The fourth-order valence-electron chi connectivity index (χ4n) is 0.604. The minimum Gasteiger partial charge on any atom is -0.315 e. The molecule has 0 aliphatic rings. The van der Waals surface area contributed by atoms with Crippen LogP contribution in [-0.2, 0) is 18.6 Å². The molecule has 3 heteroatoms. The van der Waals surface area contributed by atoms with Gasteiger partial charge < -0.3 is 10.2 Å².